The number of fused-ring (bicyclic) bond motifs is 1. The molecule has 0 radical (unpaired) electrons. The van der Waals surface area contributed by atoms with Crippen molar-refractivity contribution in [3.8, 4) is 17.3 Å². The van der Waals surface area contributed by atoms with E-state index < -0.39 is 17.6 Å². The number of alkyl halides is 3. The van der Waals surface area contributed by atoms with E-state index in [1.165, 1.54) is 24.3 Å². The van der Waals surface area contributed by atoms with Crippen LogP contribution in [0.2, 0.25) is 0 Å². The zero-order valence-corrected chi connectivity index (χ0v) is 15.4. The smallest absolute Gasteiger partial charge is 0.420 e. The van der Waals surface area contributed by atoms with Gasteiger partial charge in [0.15, 0.2) is 5.76 Å². The number of aromatic amines is 1. The number of aromatic nitrogens is 4. The Bertz CT molecular complexity index is 1200. The average Bonchev–Trinajstić information content (AvgIpc) is 3.37. The first-order valence-corrected chi connectivity index (χ1v) is 8.78. The van der Waals surface area contributed by atoms with Crippen LogP contribution in [-0.4, -0.2) is 33.1 Å². The summed E-state index contributed by atoms with van der Waals surface area (Å²) in [7, 11) is 0. The highest BCUT2D eigenvalue weighted by molar-refractivity contribution is 6.06. The zero-order valence-electron chi connectivity index (χ0n) is 15.4. The lowest BCUT2D eigenvalue weighted by atomic mass is 10.1. The Morgan fingerprint density at radius 1 is 1.20 bits per heavy atom. The van der Waals surface area contributed by atoms with Crippen LogP contribution in [0.25, 0.3) is 22.6 Å². The van der Waals surface area contributed by atoms with Crippen LogP contribution >= 0.6 is 0 Å². The third-order valence-corrected chi connectivity index (χ3v) is 4.19. The quantitative estimate of drug-likeness (QED) is 0.502. The van der Waals surface area contributed by atoms with Gasteiger partial charge in [-0.05, 0) is 48.5 Å². The standard InChI is InChI=1S/C19H14F3N5O3/c1-2-29-14-6-5-12(9-13(14)19(20,21)22)23-18(28)11-4-3-10-7-16(30-15(10)8-11)17-24-26-27-25-17/h3-9H,2H2,1H3,(H,23,28)(H,24,25,26,27). The van der Waals surface area contributed by atoms with Gasteiger partial charge >= 0.3 is 6.18 Å². The molecule has 154 valence electrons. The molecule has 2 N–H and O–H groups in total. The Morgan fingerprint density at radius 3 is 2.73 bits per heavy atom. The predicted octanol–water partition coefficient (Wildman–Crippen LogP) is 4.28. The summed E-state index contributed by atoms with van der Waals surface area (Å²) in [5.74, 6) is -0.274. The Kier molecular flexibility index (Phi) is 4.86. The lowest BCUT2D eigenvalue weighted by Crippen LogP contribution is -2.14. The molecule has 2 heterocycles. The summed E-state index contributed by atoms with van der Waals surface area (Å²) < 4.78 is 50.5. The van der Waals surface area contributed by atoms with Gasteiger partial charge in [-0.3, -0.25) is 4.79 Å². The Morgan fingerprint density at radius 2 is 2.03 bits per heavy atom. The Labute approximate surface area is 167 Å². The van der Waals surface area contributed by atoms with Crippen molar-refractivity contribution in [2.24, 2.45) is 0 Å². The Hall–Kier alpha value is -3.89. The van der Waals surface area contributed by atoms with Gasteiger partial charge in [0.05, 0.1) is 12.2 Å². The van der Waals surface area contributed by atoms with Crippen LogP contribution in [-0.2, 0) is 6.18 Å². The van der Waals surface area contributed by atoms with E-state index >= 15 is 0 Å². The first kappa shape index (κ1) is 19.4. The first-order valence-electron chi connectivity index (χ1n) is 8.78. The summed E-state index contributed by atoms with van der Waals surface area (Å²) in [6.07, 6.45) is -4.62. The van der Waals surface area contributed by atoms with Crippen molar-refractivity contribution in [1.82, 2.24) is 20.6 Å². The molecular weight excluding hydrogens is 403 g/mol. The number of halogens is 3. The van der Waals surface area contributed by atoms with Gasteiger partial charge in [-0.15, -0.1) is 10.2 Å². The number of carbonyl (C=O) groups excluding carboxylic acids is 1. The monoisotopic (exact) mass is 417 g/mol. The predicted molar refractivity (Wildman–Crippen MR) is 100.0 cm³/mol. The maximum absolute atomic E-state index is 13.3. The molecule has 4 rings (SSSR count). The molecular formula is C19H14F3N5O3. The minimum absolute atomic E-state index is 0.0113. The molecule has 0 spiro atoms. The van der Waals surface area contributed by atoms with Gasteiger partial charge in [0.2, 0.25) is 5.82 Å². The number of furan rings is 1. The molecule has 2 aromatic carbocycles. The first-order chi connectivity index (χ1) is 14.3. The SMILES string of the molecule is CCOc1ccc(NC(=O)c2ccc3cc(-c4nn[nH]n4)oc3c2)cc1C(F)(F)F. The van der Waals surface area contributed by atoms with Crippen LogP contribution in [0, 0.1) is 0 Å². The van der Waals surface area contributed by atoms with E-state index in [-0.39, 0.29) is 29.4 Å². The number of nitrogens with one attached hydrogen (secondary N) is 2. The van der Waals surface area contributed by atoms with Gasteiger partial charge in [-0.1, -0.05) is 6.07 Å². The minimum Gasteiger partial charge on any atom is -0.493 e. The van der Waals surface area contributed by atoms with Gasteiger partial charge < -0.3 is 14.5 Å². The average molecular weight is 417 g/mol. The molecule has 0 saturated carbocycles. The van der Waals surface area contributed by atoms with Gasteiger partial charge in [0, 0.05) is 16.6 Å². The van der Waals surface area contributed by atoms with Crippen molar-refractivity contribution >= 4 is 22.6 Å². The fourth-order valence-electron chi connectivity index (χ4n) is 2.86. The van der Waals surface area contributed by atoms with E-state index in [1.54, 1.807) is 19.1 Å². The van der Waals surface area contributed by atoms with Crippen LogP contribution in [0.4, 0.5) is 18.9 Å². The normalized spacial score (nSPS) is 11.6. The minimum atomic E-state index is -4.62. The fraction of sp³-hybridized carbons (Fsp3) is 0.158. The van der Waals surface area contributed by atoms with Crippen molar-refractivity contribution < 1.29 is 27.1 Å². The molecule has 0 saturated heterocycles. The van der Waals surface area contributed by atoms with Crippen molar-refractivity contribution in [3.05, 3.63) is 53.6 Å². The topological polar surface area (TPSA) is 106 Å². The third kappa shape index (κ3) is 3.81. The number of carbonyl (C=O) groups is 1. The van der Waals surface area contributed by atoms with Crippen LogP contribution in [0.3, 0.4) is 0 Å². The van der Waals surface area contributed by atoms with Crippen molar-refractivity contribution in [2.45, 2.75) is 13.1 Å². The molecule has 0 atom stereocenters. The number of ether oxygens (including phenoxy) is 1. The number of H-pyrrole nitrogens is 1. The second kappa shape index (κ2) is 7.50. The molecule has 0 fully saturated rings. The van der Waals surface area contributed by atoms with E-state index in [9.17, 15) is 18.0 Å². The van der Waals surface area contributed by atoms with E-state index in [2.05, 4.69) is 25.9 Å². The highest BCUT2D eigenvalue weighted by Gasteiger charge is 2.34. The molecule has 0 bridgehead atoms. The van der Waals surface area contributed by atoms with Crippen molar-refractivity contribution in [2.75, 3.05) is 11.9 Å². The van der Waals surface area contributed by atoms with Crippen molar-refractivity contribution in [1.29, 1.82) is 0 Å². The number of hydrogen-bond donors (Lipinski definition) is 2. The molecule has 4 aromatic rings. The number of rotatable bonds is 5. The summed E-state index contributed by atoms with van der Waals surface area (Å²) >= 11 is 0. The molecule has 0 unspecified atom stereocenters. The van der Waals surface area contributed by atoms with Crippen LogP contribution in [0.1, 0.15) is 22.8 Å². The van der Waals surface area contributed by atoms with Crippen LogP contribution < -0.4 is 10.1 Å². The van der Waals surface area contributed by atoms with Gasteiger partial charge in [0.1, 0.15) is 11.3 Å². The van der Waals surface area contributed by atoms with Gasteiger partial charge in [-0.25, -0.2) is 0 Å². The molecule has 1 amide bonds. The third-order valence-electron chi connectivity index (χ3n) is 4.19. The van der Waals surface area contributed by atoms with Gasteiger partial charge in [0.25, 0.3) is 5.91 Å². The largest absolute Gasteiger partial charge is 0.493 e. The number of tetrazole rings is 1. The second-order valence-corrected chi connectivity index (χ2v) is 6.19. The highest BCUT2D eigenvalue weighted by Crippen LogP contribution is 2.38. The maximum atomic E-state index is 13.3. The Balaban J connectivity index is 1.60. The molecule has 8 nitrogen and oxygen atoms in total. The fourth-order valence-corrected chi connectivity index (χ4v) is 2.86. The molecule has 11 heteroatoms. The summed E-state index contributed by atoms with van der Waals surface area (Å²) in [6, 6.07) is 9.70. The summed E-state index contributed by atoms with van der Waals surface area (Å²) in [5.41, 5.74) is -0.375. The summed E-state index contributed by atoms with van der Waals surface area (Å²) in [5, 5.41) is 16.6. The van der Waals surface area contributed by atoms with Crippen LogP contribution in [0.5, 0.6) is 5.75 Å². The van der Waals surface area contributed by atoms with E-state index in [0.717, 1.165) is 6.07 Å². The number of amides is 1. The van der Waals surface area contributed by atoms with E-state index in [0.29, 0.717) is 16.7 Å². The van der Waals surface area contributed by atoms with Crippen molar-refractivity contribution in [3.63, 3.8) is 0 Å². The molecule has 0 aliphatic carbocycles. The lowest BCUT2D eigenvalue weighted by Gasteiger charge is -2.15. The molecule has 0 aliphatic heterocycles. The zero-order chi connectivity index (χ0) is 21.3. The number of nitrogens with zero attached hydrogens (tertiary/aromatic N) is 3. The van der Waals surface area contributed by atoms with E-state index in [4.69, 9.17) is 9.15 Å². The lowest BCUT2D eigenvalue weighted by molar-refractivity contribution is -0.138. The number of benzene rings is 2. The van der Waals surface area contributed by atoms with Gasteiger partial charge in [-0.2, -0.15) is 18.4 Å². The molecule has 2 aromatic heterocycles. The summed E-state index contributed by atoms with van der Waals surface area (Å²) in [4.78, 5) is 12.6. The second-order valence-electron chi connectivity index (χ2n) is 6.19. The number of anilines is 1. The van der Waals surface area contributed by atoms with E-state index in [1.807, 2.05) is 0 Å². The molecule has 30 heavy (non-hydrogen) atoms. The summed E-state index contributed by atoms with van der Waals surface area (Å²) in [6.45, 7) is 1.68. The highest BCUT2D eigenvalue weighted by atomic mass is 19.4. The number of hydrogen-bond acceptors (Lipinski definition) is 6. The molecule has 0 aliphatic rings. The van der Waals surface area contributed by atoms with Crippen LogP contribution in [0.15, 0.2) is 46.9 Å². The maximum Gasteiger partial charge on any atom is 0.420 e.